The molecule has 0 spiro atoms. The lowest BCUT2D eigenvalue weighted by Gasteiger charge is -2.19. The van der Waals surface area contributed by atoms with Crippen LogP contribution in [0.15, 0.2) is 36.8 Å². The van der Waals surface area contributed by atoms with E-state index in [1.165, 1.54) is 11.1 Å². The quantitative estimate of drug-likeness (QED) is 0.766. The molecule has 2 N–H and O–H groups in total. The molecule has 0 saturated carbocycles. The van der Waals surface area contributed by atoms with E-state index in [0.29, 0.717) is 13.0 Å². The molecule has 1 aromatic heterocycles. The molecule has 1 aromatic carbocycles. The smallest absolute Gasteiger partial charge is 0.323 e. The van der Waals surface area contributed by atoms with E-state index in [9.17, 15) is 4.79 Å². The molecular formula is C19H27N3O2. The molecule has 2 rings (SSSR count). The molecule has 130 valence electrons. The summed E-state index contributed by atoms with van der Waals surface area (Å²) in [6, 6.07) is 8.12. The highest BCUT2D eigenvalue weighted by Gasteiger charge is 2.19. The molecule has 1 atom stereocenters. The number of ether oxygens (including phenoxy) is 1. The van der Waals surface area contributed by atoms with Gasteiger partial charge in [-0.05, 0) is 23.6 Å². The first-order valence-corrected chi connectivity index (χ1v) is 8.31. The van der Waals surface area contributed by atoms with Crippen LogP contribution < -0.4 is 5.32 Å². The number of imidazole rings is 1. The van der Waals surface area contributed by atoms with Crippen molar-refractivity contribution in [2.45, 2.75) is 45.1 Å². The van der Waals surface area contributed by atoms with E-state index in [1.807, 2.05) is 0 Å². The zero-order valence-corrected chi connectivity index (χ0v) is 14.9. The molecule has 2 aromatic rings. The molecule has 1 heterocycles. The summed E-state index contributed by atoms with van der Waals surface area (Å²) in [5.41, 5.74) is 3.46. The minimum absolute atomic E-state index is 0.150. The molecule has 0 radical (unpaired) electrons. The number of aromatic nitrogens is 2. The van der Waals surface area contributed by atoms with Crippen LogP contribution in [0.1, 0.15) is 37.6 Å². The summed E-state index contributed by atoms with van der Waals surface area (Å²) in [7, 11) is 1.75. The van der Waals surface area contributed by atoms with Crippen LogP contribution in [-0.4, -0.2) is 35.6 Å². The zero-order chi connectivity index (χ0) is 17.6. The number of likely N-dealkylation sites (N-methyl/N-ethyl adjacent to an activating group) is 1. The predicted octanol–water partition coefficient (Wildman–Crippen LogP) is 2.62. The summed E-state index contributed by atoms with van der Waals surface area (Å²) in [6.07, 6.45) is 4.62. The van der Waals surface area contributed by atoms with E-state index >= 15 is 0 Å². The van der Waals surface area contributed by atoms with Gasteiger partial charge in [-0.3, -0.25) is 4.79 Å². The number of H-pyrrole nitrogens is 1. The molecule has 0 bridgehead atoms. The standard InChI is InChI=1S/C19H27N3O2/c1-19(2,3)15-7-5-14(6-8-15)9-10-24-18(23)17(20-4)11-16-12-21-13-22-16/h5-8,12-13,17,20H,9-11H2,1-4H3,(H,21,22)/t17-/m0/s1. The Labute approximate surface area is 143 Å². The van der Waals surface area contributed by atoms with Gasteiger partial charge in [0.05, 0.1) is 18.6 Å². The summed E-state index contributed by atoms with van der Waals surface area (Å²) >= 11 is 0. The maximum absolute atomic E-state index is 12.2. The van der Waals surface area contributed by atoms with Crippen molar-refractivity contribution in [3.05, 3.63) is 53.6 Å². The molecule has 0 aliphatic heterocycles. The van der Waals surface area contributed by atoms with Gasteiger partial charge in [0.1, 0.15) is 6.04 Å². The maximum atomic E-state index is 12.2. The molecule has 0 saturated heterocycles. The van der Waals surface area contributed by atoms with Crippen molar-refractivity contribution >= 4 is 5.97 Å². The number of rotatable bonds is 7. The van der Waals surface area contributed by atoms with Crippen molar-refractivity contribution in [1.29, 1.82) is 0 Å². The van der Waals surface area contributed by atoms with Crippen LogP contribution in [0.4, 0.5) is 0 Å². The van der Waals surface area contributed by atoms with E-state index in [1.54, 1.807) is 19.6 Å². The van der Waals surface area contributed by atoms with Gasteiger partial charge in [0.25, 0.3) is 0 Å². The zero-order valence-electron chi connectivity index (χ0n) is 14.9. The van der Waals surface area contributed by atoms with Crippen LogP contribution in [-0.2, 0) is 27.8 Å². The topological polar surface area (TPSA) is 67.0 Å². The van der Waals surface area contributed by atoms with Gasteiger partial charge < -0.3 is 15.0 Å². The highest BCUT2D eigenvalue weighted by molar-refractivity contribution is 5.76. The molecule has 0 aliphatic rings. The summed E-state index contributed by atoms with van der Waals surface area (Å²) in [4.78, 5) is 19.2. The van der Waals surface area contributed by atoms with Crippen molar-refractivity contribution in [2.75, 3.05) is 13.7 Å². The third kappa shape index (κ3) is 5.20. The average Bonchev–Trinajstić information content (AvgIpc) is 3.05. The lowest BCUT2D eigenvalue weighted by Crippen LogP contribution is -2.37. The normalized spacial score (nSPS) is 12.8. The van der Waals surface area contributed by atoms with E-state index in [2.05, 4.69) is 60.3 Å². The molecule has 24 heavy (non-hydrogen) atoms. The van der Waals surface area contributed by atoms with Gasteiger partial charge >= 0.3 is 5.97 Å². The number of carbonyl (C=O) groups is 1. The highest BCUT2D eigenvalue weighted by atomic mass is 16.5. The third-order valence-corrected chi connectivity index (χ3v) is 4.06. The number of esters is 1. The molecule has 0 unspecified atom stereocenters. The Balaban J connectivity index is 1.81. The molecule has 0 aliphatic carbocycles. The Morgan fingerprint density at radius 1 is 1.29 bits per heavy atom. The van der Waals surface area contributed by atoms with Gasteiger partial charge in [-0.2, -0.15) is 0 Å². The van der Waals surface area contributed by atoms with Crippen molar-refractivity contribution in [2.24, 2.45) is 0 Å². The average molecular weight is 329 g/mol. The number of aromatic amines is 1. The fourth-order valence-corrected chi connectivity index (χ4v) is 2.46. The van der Waals surface area contributed by atoms with Gasteiger partial charge in [-0.25, -0.2) is 4.98 Å². The Morgan fingerprint density at radius 3 is 2.54 bits per heavy atom. The summed E-state index contributed by atoms with van der Waals surface area (Å²) in [6.45, 7) is 6.97. The van der Waals surface area contributed by atoms with E-state index in [0.717, 1.165) is 12.1 Å². The Bertz CT molecular complexity index is 628. The number of carbonyl (C=O) groups excluding carboxylic acids is 1. The van der Waals surface area contributed by atoms with Gasteiger partial charge in [-0.1, -0.05) is 45.0 Å². The summed E-state index contributed by atoms with van der Waals surface area (Å²) in [5, 5.41) is 2.98. The van der Waals surface area contributed by atoms with Crippen LogP contribution in [0.25, 0.3) is 0 Å². The van der Waals surface area contributed by atoms with Crippen molar-refractivity contribution in [3.63, 3.8) is 0 Å². The number of benzene rings is 1. The fourth-order valence-electron chi connectivity index (χ4n) is 2.46. The Hall–Kier alpha value is -2.14. The molecular weight excluding hydrogens is 302 g/mol. The number of hydrogen-bond acceptors (Lipinski definition) is 4. The number of hydrogen-bond donors (Lipinski definition) is 2. The van der Waals surface area contributed by atoms with Crippen LogP contribution >= 0.6 is 0 Å². The molecule has 0 fully saturated rings. The lowest BCUT2D eigenvalue weighted by molar-refractivity contribution is -0.145. The van der Waals surface area contributed by atoms with Crippen LogP contribution in [0.5, 0.6) is 0 Å². The minimum Gasteiger partial charge on any atom is -0.464 e. The largest absolute Gasteiger partial charge is 0.464 e. The monoisotopic (exact) mass is 329 g/mol. The second-order valence-electron chi connectivity index (χ2n) is 6.97. The van der Waals surface area contributed by atoms with Gasteiger partial charge in [0.15, 0.2) is 0 Å². The van der Waals surface area contributed by atoms with Crippen molar-refractivity contribution in [3.8, 4) is 0 Å². The maximum Gasteiger partial charge on any atom is 0.323 e. The molecule has 5 heteroatoms. The Kier molecular flexibility index (Phi) is 6.15. The van der Waals surface area contributed by atoms with Crippen LogP contribution in [0, 0.1) is 0 Å². The van der Waals surface area contributed by atoms with E-state index in [4.69, 9.17) is 4.74 Å². The first kappa shape index (κ1) is 18.2. The number of nitrogens with one attached hydrogen (secondary N) is 2. The SMILES string of the molecule is CN[C@@H](Cc1c[nH]cn1)C(=O)OCCc1ccc(C(C)(C)C)cc1. The fraction of sp³-hybridized carbons (Fsp3) is 0.474. The van der Waals surface area contributed by atoms with Gasteiger partial charge in [0, 0.05) is 19.0 Å². The number of nitrogens with zero attached hydrogens (tertiary/aromatic N) is 1. The third-order valence-electron chi connectivity index (χ3n) is 4.06. The first-order chi connectivity index (χ1) is 11.4. The Morgan fingerprint density at radius 2 is 2.00 bits per heavy atom. The first-order valence-electron chi connectivity index (χ1n) is 8.31. The van der Waals surface area contributed by atoms with Gasteiger partial charge in [0.2, 0.25) is 0 Å². The predicted molar refractivity (Wildman–Crippen MR) is 94.9 cm³/mol. The minimum atomic E-state index is -0.378. The second kappa shape index (κ2) is 8.11. The molecule has 0 amide bonds. The van der Waals surface area contributed by atoms with E-state index in [-0.39, 0.29) is 17.4 Å². The van der Waals surface area contributed by atoms with E-state index < -0.39 is 0 Å². The lowest BCUT2D eigenvalue weighted by atomic mass is 9.86. The highest BCUT2D eigenvalue weighted by Crippen LogP contribution is 2.22. The van der Waals surface area contributed by atoms with Gasteiger partial charge in [-0.15, -0.1) is 0 Å². The molecule has 5 nitrogen and oxygen atoms in total. The van der Waals surface area contributed by atoms with Crippen molar-refractivity contribution < 1.29 is 9.53 Å². The summed E-state index contributed by atoms with van der Waals surface area (Å²) < 4.78 is 5.41. The van der Waals surface area contributed by atoms with Crippen LogP contribution in [0.2, 0.25) is 0 Å². The second-order valence-corrected chi connectivity index (χ2v) is 6.97. The summed E-state index contributed by atoms with van der Waals surface area (Å²) in [5.74, 6) is -0.244. The van der Waals surface area contributed by atoms with Crippen LogP contribution in [0.3, 0.4) is 0 Å². The van der Waals surface area contributed by atoms with Crippen molar-refractivity contribution in [1.82, 2.24) is 15.3 Å².